The molecule has 0 bridgehead atoms. The summed E-state index contributed by atoms with van der Waals surface area (Å²) in [7, 11) is 2.00. The minimum atomic E-state index is -4.77. The van der Waals surface area contributed by atoms with Gasteiger partial charge in [-0.3, -0.25) is 9.69 Å². The van der Waals surface area contributed by atoms with Crippen molar-refractivity contribution < 1.29 is 27.1 Å². The van der Waals surface area contributed by atoms with Gasteiger partial charge < -0.3 is 25.2 Å². The topological polar surface area (TPSA) is 60.1 Å². The molecule has 0 aromatic heterocycles. The van der Waals surface area contributed by atoms with E-state index in [1.165, 1.54) is 12.1 Å². The fourth-order valence-corrected chi connectivity index (χ4v) is 5.42. The highest BCUT2D eigenvalue weighted by atomic mass is 19.4. The van der Waals surface area contributed by atoms with E-state index in [-0.39, 0.29) is 23.0 Å². The van der Waals surface area contributed by atoms with Crippen LogP contribution in [0.15, 0.2) is 72.1 Å². The van der Waals surface area contributed by atoms with Crippen molar-refractivity contribution in [2.24, 2.45) is 0 Å². The Labute approximate surface area is 243 Å². The highest BCUT2D eigenvalue weighted by molar-refractivity contribution is 6.09. The van der Waals surface area contributed by atoms with E-state index in [0.29, 0.717) is 50.6 Å². The van der Waals surface area contributed by atoms with Crippen LogP contribution in [0.5, 0.6) is 0 Å². The molecule has 2 aromatic carbocycles. The summed E-state index contributed by atoms with van der Waals surface area (Å²) in [6.07, 6.45) is -2.97. The molecule has 42 heavy (non-hydrogen) atoms. The number of allylic oxidation sites excluding steroid dienone is 1. The molecule has 224 valence electrons. The van der Waals surface area contributed by atoms with Gasteiger partial charge >= 0.3 is 6.18 Å². The first-order valence-electron chi connectivity index (χ1n) is 13.9. The smallest absolute Gasteiger partial charge is 0.379 e. The van der Waals surface area contributed by atoms with Crippen LogP contribution in [0.25, 0.3) is 11.1 Å². The standard InChI is InChI=1S/C31H35F4N5O2/c1-20-13-26(31(33,34)35)25(17-36-20)30(41)37-28-15-24(27(32)16-29(28)40-8-7-38(3)21(2)18-40)23-6-4-5-22(14-23)19-39-9-11-42-12-10-39/h4-6,13-17,21,36H,1,7-12,18-19H2,2-3H3,(H,37,41)/t21-/m0/s1. The van der Waals surface area contributed by atoms with Crippen molar-refractivity contribution in [1.82, 2.24) is 15.1 Å². The third-order valence-electron chi connectivity index (χ3n) is 7.94. The second kappa shape index (κ2) is 12.3. The number of piperazine rings is 1. The predicted molar refractivity (Wildman–Crippen MR) is 155 cm³/mol. The van der Waals surface area contributed by atoms with Crippen molar-refractivity contribution in [1.29, 1.82) is 0 Å². The van der Waals surface area contributed by atoms with Crippen LogP contribution in [0.1, 0.15) is 12.5 Å². The maximum atomic E-state index is 15.8. The summed E-state index contributed by atoms with van der Waals surface area (Å²) in [6.45, 7) is 11.0. The molecule has 3 heterocycles. The Morgan fingerprint density at radius 1 is 1.14 bits per heavy atom. The number of dihydropyridines is 1. The summed E-state index contributed by atoms with van der Waals surface area (Å²) in [6, 6.07) is 10.6. The summed E-state index contributed by atoms with van der Waals surface area (Å²) in [5.74, 6) is -1.44. The third kappa shape index (κ3) is 6.69. The Morgan fingerprint density at radius 2 is 1.90 bits per heavy atom. The van der Waals surface area contributed by atoms with Gasteiger partial charge in [0.15, 0.2) is 0 Å². The molecular weight excluding hydrogens is 550 g/mol. The van der Waals surface area contributed by atoms with Gasteiger partial charge in [0.25, 0.3) is 5.91 Å². The molecule has 3 aliphatic heterocycles. The number of halogens is 4. The number of nitrogens with one attached hydrogen (secondary N) is 2. The van der Waals surface area contributed by atoms with E-state index < -0.39 is 29.0 Å². The number of ether oxygens (including phenoxy) is 1. The van der Waals surface area contributed by atoms with Crippen molar-refractivity contribution in [2.75, 3.05) is 63.2 Å². The molecule has 0 radical (unpaired) electrons. The average Bonchev–Trinajstić information content (AvgIpc) is 2.95. The zero-order valence-corrected chi connectivity index (χ0v) is 23.7. The number of benzene rings is 2. The summed E-state index contributed by atoms with van der Waals surface area (Å²) >= 11 is 0. The minimum Gasteiger partial charge on any atom is -0.379 e. The number of nitrogens with zero attached hydrogens (tertiary/aromatic N) is 3. The highest BCUT2D eigenvalue weighted by Crippen LogP contribution is 2.38. The fraction of sp³-hybridized carbons (Fsp3) is 0.387. The lowest BCUT2D eigenvalue weighted by atomic mass is 9.99. The number of hydrogen-bond acceptors (Lipinski definition) is 6. The average molecular weight is 586 g/mol. The van der Waals surface area contributed by atoms with E-state index in [2.05, 4.69) is 27.0 Å². The molecule has 7 nitrogen and oxygen atoms in total. The summed E-state index contributed by atoms with van der Waals surface area (Å²) in [5, 5.41) is 5.27. The third-order valence-corrected chi connectivity index (χ3v) is 7.94. The molecule has 2 aromatic rings. The lowest BCUT2D eigenvalue weighted by Gasteiger charge is -2.39. The van der Waals surface area contributed by atoms with Crippen LogP contribution in [0.2, 0.25) is 0 Å². The molecule has 11 heteroatoms. The molecule has 2 fully saturated rings. The fourth-order valence-electron chi connectivity index (χ4n) is 5.42. The van der Waals surface area contributed by atoms with Gasteiger partial charge in [-0.1, -0.05) is 24.8 Å². The molecule has 2 saturated heterocycles. The van der Waals surface area contributed by atoms with Gasteiger partial charge in [0.05, 0.1) is 35.7 Å². The second-order valence-electron chi connectivity index (χ2n) is 11.0. The van der Waals surface area contributed by atoms with Crippen LogP contribution in [0, 0.1) is 5.82 Å². The molecule has 0 saturated carbocycles. The van der Waals surface area contributed by atoms with Crippen LogP contribution in [-0.4, -0.2) is 80.9 Å². The number of rotatable bonds is 6. The monoisotopic (exact) mass is 585 g/mol. The van der Waals surface area contributed by atoms with Gasteiger partial charge in [-0.2, -0.15) is 13.2 Å². The van der Waals surface area contributed by atoms with Gasteiger partial charge in [-0.15, -0.1) is 0 Å². The van der Waals surface area contributed by atoms with E-state index in [1.807, 2.05) is 37.1 Å². The highest BCUT2D eigenvalue weighted by Gasteiger charge is 2.40. The lowest BCUT2D eigenvalue weighted by Crippen LogP contribution is -2.50. The summed E-state index contributed by atoms with van der Waals surface area (Å²) in [4.78, 5) is 19.8. The van der Waals surface area contributed by atoms with Crippen molar-refractivity contribution in [3.8, 4) is 11.1 Å². The predicted octanol–water partition coefficient (Wildman–Crippen LogP) is 4.89. The first-order chi connectivity index (χ1) is 20.0. The number of carbonyl (C=O) groups is 1. The van der Waals surface area contributed by atoms with Crippen LogP contribution < -0.4 is 15.5 Å². The Balaban J connectivity index is 1.50. The van der Waals surface area contributed by atoms with Crippen LogP contribution in [0.4, 0.5) is 28.9 Å². The quantitative estimate of drug-likeness (QED) is 0.471. The van der Waals surface area contributed by atoms with Gasteiger partial charge in [0, 0.05) is 62.8 Å². The zero-order valence-electron chi connectivity index (χ0n) is 23.7. The Kier molecular flexibility index (Phi) is 8.72. The SMILES string of the molecule is C=C1C=C(C(F)(F)F)C(C(=O)Nc2cc(-c3cccc(CN4CCOCC4)c3)c(F)cc2N2CCN(C)[C@@H](C)C2)=CN1. The second-order valence-corrected chi connectivity index (χ2v) is 11.0. The van der Waals surface area contributed by atoms with Gasteiger partial charge in [0.2, 0.25) is 0 Å². The molecule has 0 unspecified atom stereocenters. The first-order valence-corrected chi connectivity index (χ1v) is 13.9. The van der Waals surface area contributed by atoms with Gasteiger partial charge in [-0.05, 0) is 49.4 Å². The molecule has 3 aliphatic rings. The van der Waals surface area contributed by atoms with E-state index in [0.717, 1.165) is 30.9 Å². The van der Waals surface area contributed by atoms with Crippen molar-refractivity contribution in [2.45, 2.75) is 25.7 Å². The molecule has 5 rings (SSSR count). The zero-order chi connectivity index (χ0) is 30.0. The molecule has 1 atom stereocenters. The number of carbonyl (C=O) groups excluding carboxylic acids is 1. The lowest BCUT2D eigenvalue weighted by molar-refractivity contribution is -0.115. The van der Waals surface area contributed by atoms with Crippen LogP contribution >= 0.6 is 0 Å². The van der Waals surface area contributed by atoms with Gasteiger partial charge in [-0.25, -0.2) is 4.39 Å². The maximum Gasteiger partial charge on any atom is 0.417 e. The number of hydrogen-bond donors (Lipinski definition) is 2. The number of alkyl halides is 3. The number of anilines is 2. The molecule has 0 spiro atoms. The molecular formula is C31H35F4N5O2. The van der Waals surface area contributed by atoms with Crippen molar-refractivity contribution in [3.05, 3.63) is 83.5 Å². The summed E-state index contributed by atoms with van der Waals surface area (Å²) < 4.78 is 62.7. The number of likely N-dealkylation sites (N-methyl/N-ethyl adjacent to an activating group) is 1. The minimum absolute atomic E-state index is 0.0204. The van der Waals surface area contributed by atoms with E-state index >= 15 is 4.39 Å². The van der Waals surface area contributed by atoms with Crippen molar-refractivity contribution in [3.63, 3.8) is 0 Å². The van der Waals surface area contributed by atoms with Crippen LogP contribution in [0.3, 0.4) is 0 Å². The maximum absolute atomic E-state index is 15.8. The molecule has 0 aliphatic carbocycles. The van der Waals surface area contributed by atoms with E-state index in [1.54, 1.807) is 6.07 Å². The Bertz CT molecular complexity index is 1410. The largest absolute Gasteiger partial charge is 0.417 e. The number of amides is 1. The van der Waals surface area contributed by atoms with E-state index in [9.17, 15) is 18.0 Å². The van der Waals surface area contributed by atoms with Gasteiger partial charge in [0.1, 0.15) is 5.82 Å². The molecule has 1 amide bonds. The molecule has 2 N–H and O–H groups in total. The normalized spacial score (nSPS) is 20.6. The van der Waals surface area contributed by atoms with E-state index in [4.69, 9.17) is 4.74 Å². The summed E-state index contributed by atoms with van der Waals surface area (Å²) in [5.41, 5.74) is 0.845. The van der Waals surface area contributed by atoms with Crippen molar-refractivity contribution >= 4 is 17.3 Å². The first kappa shape index (κ1) is 29.8. The Hall–Kier alpha value is -3.67. The Morgan fingerprint density at radius 3 is 2.62 bits per heavy atom. The number of morpholine rings is 1. The van der Waals surface area contributed by atoms with Crippen LogP contribution in [-0.2, 0) is 16.1 Å².